The van der Waals surface area contributed by atoms with Gasteiger partial charge in [0.15, 0.2) is 0 Å². The lowest BCUT2D eigenvalue weighted by Gasteiger charge is -2.19. The van der Waals surface area contributed by atoms with Crippen LogP contribution < -0.4 is 4.90 Å². The molecule has 3 rings (SSSR count). The lowest BCUT2D eigenvalue weighted by Crippen LogP contribution is -2.29. The predicted octanol–water partition coefficient (Wildman–Crippen LogP) is 4.41. The number of carbonyl (C=O) groups excluding carboxylic acids is 1. The van der Waals surface area contributed by atoms with Gasteiger partial charge in [-0.05, 0) is 34.9 Å². The van der Waals surface area contributed by atoms with Crippen molar-refractivity contribution in [1.29, 1.82) is 0 Å². The number of hydrogen-bond donors (Lipinski definition) is 0. The zero-order chi connectivity index (χ0) is 18.9. The van der Waals surface area contributed by atoms with E-state index in [1.54, 1.807) is 11.0 Å². The van der Waals surface area contributed by atoms with Crippen molar-refractivity contribution in [2.75, 3.05) is 11.4 Å². The topological polar surface area (TPSA) is 63.5 Å². The summed E-state index contributed by atoms with van der Waals surface area (Å²) in [5.74, 6) is -0.0575. The Hall–Kier alpha value is -2.69. The average molecular weight is 352 g/mol. The van der Waals surface area contributed by atoms with Crippen molar-refractivity contribution in [3.05, 3.63) is 69.3 Å². The summed E-state index contributed by atoms with van der Waals surface area (Å²) in [7, 11) is 0. The van der Waals surface area contributed by atoms with Gasteiger partial charge in [-0.2, -0.15) is 0 Å². The number of amides is 1. The van der Waals surface area contributed by atoms with Crippen LogP contribution in [0.1, 0.15) is 43.9 Å². The number of nitro groups is 1. The first-order chi connectivity index (χ1) is 12.3. The number of carbonyl (C=O) groups is 1. The Labute approximate surface area is 153 Å². The molecule has 0 aromatic heterocycles. The molecule has 0 saturated heterocycles. The highest BCUT2D eigenvalue weighted by molar-refractivity contribution is 5.98. The van der Waals surface area contributed by atoms with E-state index in [-0.39, 0.29) is 17.0 Å². The van der Waals surface area contributed by atoms with Crippen molar-refractivity contribution in [3.63, 3.8) is 0 Å². The van der Waals surface area contributed by atoms with Gasteiger partial charge in [0, 0.05) is 19.0 Å². The average Bonchev–Trinajstić information content (AvgIpc) is 3.03. The molecule has 0 aliphatic carbocycles. The van der Waals surface area contributed by atoms with Crippen LogP contribution in [0.3, 0.4) is 0 Å². The standard InChI is InChI=1S/C21H24N2O3/c1-21(2,3)17-10-7-15(8-11-17)9-12-19(24)22-14-13-16-5-4-6-18(20(16)22)23(25)26/h4-8,10-11H,9,12-14H2,1-3H3. The van der Waals surface area contributed by atoms with E-state index in [1.807, 2.05) is 6.07 Å². The molecule has 0 N–H and O–H groups in total. The first-order valence-corrected chi connectivity index (χ1v) is 8.93. The molecule has 5 heteroatoms. The molecule has 2 aromatic carbocycles. The largest absolute Gasteiger partial charge is 0.306 e. The molecule has 2 aromatic rings. The van der Waals surface area contributed by atoms with Crippen LogP contribution in [0.25, 0.3) is 0 Å². The van der Waals surface area contributed by atoms with Gasteiger partial charge in [-0.25, -0.2) is 0 Å². The van der Waals surface area contributed by atoms with Gasteiger partial charge in [0.05, 0.1) is 4.92 Å². The molecule has 0 radical (unpaired) electrons. The highest BCUT2D eigenvalue weighted by Crippen LogP contribution is 2.37. The van der Waals surface area contributed by atoms with E-state index in [9.17, 15) is 14.9 Å². The van der Waals surface area contributed by atoms with Gasteiger partial charge in [-0.15, -0.1) is 0 Å². The van der Waals surface area contributed by atoms with Crippen molar-refractivity contribution < 1.29 is 9.72 Å². The number of rotatable bonds is 4. The molecule has 1 amide bonds. The summed E-state index contributed by atoms with van der Waals surface area (Å²) in [6.45, 7) is 7.03. The minimum absolute atomic E-state index is 0.0166. The monoisotopic (exact) mass is 352 g/mol. The van der Waals surface area contributed by atoms with Gasteiger partial charge >= 0.3 is 0 Å². The minimum atomic E-state index is -0.407. The third-order valence-corrected chi connectivity index (χ3v) is 4.92. The molecule has 0 atom stereocenters. The van der Waals surface area contributed by atoms with E-state index < -0.39 is 4.92 Å². The van der Waals surface area contributed by atoms with Crippen LogP contribution in [-0.2, 0) is 23.1 Å². The summed E-state index contributed by atoms with van der Waals surface area (Å²) in [5.41, 5.74) is 3.84. The van der Waals surface area contributed by atoms with Crippen molar-refractivity contribution in [2.24, 2.45) is 0 Å². The lowest BCUT2D eigenvalue weighted by molar-refractivity contribution is -0.384. The second-order valence-corrected chi connectivity index (χ2v) is 7.78. The number of fused-ring (bicyclic) bond motifs is 1. The van der Waals surface area contributed by atoms with Crippen molar-refractivity contribution >= 4 is 17.3 Å². The maximum atomic E-state index is 12.7. The fourth-order valence-corrected chi connectivity index (χ4v) is 3.39. The third kappa shape index (κ3) is 3.62. The van der Waals surface area contributed by atoms with E-state index in [2.05, 4.69) is 45.0 Å². The van der Waals surface area contributed by atoms with Crippen molar-refractivity contribution in [3.8, 4) is 0 Å². The fourth-order valence-electron chi connectivity index (χ4n) is 3.39. The molecule has 1 aliphatic heterocycles. The van der Waals surface area contributed by atoms with Crippen LogP contribution in [0.2, 0.25) is 0 Å². The number of nitro benzene ring substituents is 1. The zero-order valence-corrected chi connectivity index (χ0v) is 15.5. The van der Waals surface area contributed by atoms with Crippen LogP contribution in [0.15, 0.2) is 42.5 Å². The van der Waals surface area contributed by atoms with Crippen LogP contribution >= 0.6 is 0 Å². The minimum Gasteiger partial charge on any atom is -0.306 e. The lowest BCUT2D eigenvalue weighted by atomic mass is 9.86. The van der Waals surface area contributed by atoms with Crippen LogP contribution in [0.5, 0.6) is 0 Å². The Kier molecular flexibility index (Phi) is 4.81. The molecule has 0 spiro atoms. The second kappa shape index (κ2) is 6.90. The molecule has 1 aliphatic rings. The van der Waals surface area contributed by atoms with Crippen LogP contribution in [0, 0.1) is 10.1 Å². The van der Waals surface area contributed by atoms with E-state index >= 15 is 0 Å². The fraction of sp³-hybridized carbons (Fsp3) is 0.381. The first-order valence-electron chi connectivity index (χ1n) is 8.93. The van der Waals surface area contributed by atoms with Crippen molar-refractivity contribution in [2.45, 2.75) is 45.4 Å². The molecule has 26 heavy (non-hydrogen) atoms. The maximum absolute atomic E-state index is 12.7. The number of aryl methyl sites for hydroxylation is 1. The number of para-hydroxylation sites is 1. The zero-order valence-electron chi connectivity index (χ0n) is 15.5. The van der Waals surface area contributed by atoms with Crippen molar-refractivity contribution in [1.82, 2.24) is 0 Å². The predicted molar refractivity (Wildman–Crippen MR) is 103 cm³/mol. The van der Waals surface area contributed by atoms with E-state index in [0.717, 1.165) is 11.1 Å². The molecular formula is C21H24N2O3. The van der Waals surface area contributed by atoms with Gasteiger partial charge < -0.3 is 4.90 Å². The van der Waals surface area contributed by atoms with Crippen LogP contribution in [0.4, 0.5) is 11.4 Å². The Balaban J connectivity index is 1.70. The normalized spacial score (nSPS) is 13.6. The quantitative estimate of drug-likeness (QED) is 0.604. The van der Waals surface area contributed by atoms with Gasteiger partial charge in [-0.1, -0.05) is 57.2 Å². The highest BCUT2D eigenvalue weighted by atomic mass is 16.6. The van der Waals surface area contributed by atoms with Gasteiger partial charge in [0.25, 0.3) is 5.69 Å². The summed E-state index contributed by atoms with van der Waals surface area (Å²) in [6, 6.07) is 13.4. The number of benzene rings is 2. The number of hydrogen-bond acceptors (Lipinski definition) is 3. The summed E-state index contributed by atoms with van der Waals surface area (Å²) in [6.07, 6.45) is 1.65. The Morgan fingerprint density at radius 3 is 2.46 bits per heavy atom. The van der Waals surface area contributed by atoms with Gasteiger partial charge in [-0.3, -0.25) is 14.9 Å². The first kappa shape index (κ1) is 18.1. The molecule has 5 nitrogen and oxygen atoms in total. The Bertz CT molecular complexity index is 835. The Morgan fingerprint density at radius 1 is 1.15 bits per heavy atom. The molecule has 0 unspecified atom stereocenters. The maximum Gasteiger partial charge on any atom is 0.293 e. The number of anilines is 1. The SMILES string of the molecule is CC(C)(C)c1ccc(CCC(=O)N2CCc3cccc([N+](=O)[O-])c32)cc1. The Morgan fingerprint density at radius 2 is 1.85 bits per heavy atom. The van der Waals surface area contributed by atoms with Crippen LogP contribution in [-0.4, -0.2) is 17.4 Å². The van der Waals surface area contributed by atoms with Gasteiger partial charge in [0.1, 0.15) is 5.69 Å². The van der Waals surface area contributed by atoms with E-state index in [0.29, 0.717) is 31.5 Å². The molecule has 136 valence electrons. The second-order valence-electron chi connectivity index (χ2n) is 7.78. The summed E-state index contributed by atoms with van der Waals surface area (Å²) in [5, 5.41) is 11.3. The number of nitrogens with zero attached hydrogens (tertiary/aromatic N) is 2. The summed E-state index contributed by atoms with van der Waals surface area (Å²) < 4.78 is 0. The highest BCUT2D eigenvalue weighted by Gasteiger charge is 2.31. The molecular weight excluding hydrogens is 328 g/mol. The molecule has 1 heterocycles. The molecule has 0 bridgehead atoms. The summed E-state index contributed by atoms with van der Waals surface area (Å²) >= 11 is 0. The van der Waals surface area contributed by atoms with Gasteiger partial charge in [0.2, 0.25) is 5.91 Å². The van der Waals surface area contributed by atoms with E-state index in [4.69, 9.17) is 0 Å². The molecule has 0 fully saturated rings. The molecule has 0 saturated carbocycles. The van der Waals surface area contributed by atoms with E-state index in [1.165, 1.54) is 11.6 Å². The summed E-state index contributed by atoms with van der Waals surface area (Å²) in [4.78, 5) is 25.1. The third-order valence-electron chi connectivity index (χ3n) is 4.92. The smallest absolute Gasteiger partial charge is 0.293 e.